The molecule has 2 aliphatic rings. The standard InChI is InChI=1S/C22H25FN2O2/c23-19-10-6-16(7-11-19)14-25(22(26)27-20-4-2-1-3-5-20)15-21-17-8-9-18(21)13-24-12-17/h1-7,10-11,17-18,21,24H,8-9,12-15H2. The molecule has 1 aliphatic carbocycles. The number of nitrogens with one attached hydrogen (secondary N) is 1. The van der Waals surface area contributed by atoms with Crippen LogP contribution >= 0.6 is 0 Å². The van der Waals surface area contributed by atoms with Gasteiger partial charge in [0.2, 0.25) is 0 Å². The van der Waals surface area contributed by atoms with Gasteiger partial charge in [0.25, 0.3) is 0 Å². The van der Waals surface area contributed by atoms with Crippen LogP contribution in [-0.4, -0.2) is 30.6 Å². The fraction of sp³-hybridized carbons (Fsp3) is 0.409. The van der Waals surface area contributed by atoms with E-state index in [2.05, 4.69) is 5.32 Å². The lowest BCUT2D eigenvalue weighted by molar-refractivity contribution is 0.119. The average Bonchev–Trinajstić information content (AvgIpc) is 2.89. The molecule has 2 fully saturated rings. The van der Waals surface area contributed by atoms with Crippen LogP contribution in [0.2, 0.25) is 0 Å². The van der Waals surface area contributed by atoms with E-state index in [9.17, 15) is 9.18 Å². The minimum atomic E-state index is -0.344. The fourth-order valence-electron chi connectivity index (χ4n) is 4.42. The summed E-state index contributed by atoms with van der Waals surface area (Å²) in [6.45, 7) is 3.16. The Morgan fingerprint density at radius 2 is 1.70 bits per heavy atom. The topological polar surface area (TPSA) is 41.6 Å². The lowest BCUT2D eigenvalue weighted by atomic mass is 9.85. The molecular weight excluding hydrogens is 343 g/mol. The number of ether oxygens (including phenoxy) is 1. The number of hydrogen-bond acceptors (Lipinski definition) is 3. The second-order valence-electron chi connectivity index (χ2n) is 7.61. The number of rotatable bonds is 5. The first kappa shape index (κ1) is 18.0. The van der Waals surface area contributed by atoms with Gasteiger partial charge in [-0.05, 0) is 73.5 Å². The van der Waals surface area contributed by atoms with Crippen LogP contribution in [-0.2, 0) is 6.54 Å². The van der Waals surface area contributed by atoms with Gasteiger partial charge in [-0.2, -0.15) is 0 Å². The molecule has 2 aromatic rings. The lowest BCUT2D eigenvalue weighted by Gasteiger charge is -2.35. The van der Waals surface area contributed by atoms with E-state index in [1.54, 1.807) is 29.2 Å². The van der Waals surface area contributed by atoms with Gasteiger partial charge in [-0.15, -0.1) is 0 Å². The van der Waals surface area contributed by atoms with Crippen molar-refractivity contribution < 1.29 is 13.9 Å². The van der Waals surface area contributed by atoms with E-state index in [1.807, 2.05) is 18.2 Å². The van der Waals surface area contributed by atoms with Crippen molar-refractivity contribution in [2.75, 3.05) is 19.6 Å². The summed E-state index contributed by atoms with van der Waals surface area (Å²) in [5, 5.41) is 3.50. The molecule has 1 amide bonds. The molecule has 2 aromatic carbocycles. The highest BCUT2D eigenvalue weighted by Gasteiger charge is 2.40. The monoisotopic (exact) mass is 368 g/mol. The van der Waals surface area contributed by atoms with E-state index in [4.69, 9.17) is 4.74 Å². The summed E-state index contributed by atoms with van der Waals surface area (Å²) >= 11 is 0. The third-order valence-electron chi connectivity index (χ3n) is 5.86. The van der Waals surface area contributed by atoms with E-state index in [1.165, 1.54) is 25.0 Å². The predicted octanol–water partition coefficient (Wildman–Crippen LogP) is 4.07. The van der Waals surface area contributed by atoms with E-state index < -0.39 is 0 Å². The highest BCUT2D eigenvalue weighted by Crippen LogP contribution is 2.39. The number of hydrogen-bond donors (Lipinski definition) is 1. The van der Waals surface area contributed by atoms with Gasteiger partial charge < -0.3 is 15.0 Å². The number of amides is 1. The van der Waals surface area contributed by atoms with Crippen LogP contribution in [0.3, 0.4) is 0 Å². The van der Waals surface area contributed by atoms with Gasteiger partial charge in [0.1, 0.15) is 11.6 Å². The lowest BCUT2D eigenvalue weighted by Crippen LogP contribution is -2.45. The van der Waals surface area contributed by atoms with Gasteiger partial charge in [-0.3, -0.25) is 0 Å². The molecule has 2 bridgehead atoms. The van der Waals surface area contributed by atoms with Crippen LogP contribution in [0.5, 0.6) is 5.75 Å². The summed E-state index contributed by atoms with van der Waals surface area (Å²) in [5.41, 5.74) is 0.905. The molecular formula is C22H25FN2O2. The van der Waals surface area contributed by atoms with Crippen molar-refractivity contribution in [3.8, 4) is 5.75 Å². The Labute approximate surface area is 159 Å². The number of carbonyl (C=O) groups is 1. The number of piperidine rings is 1. The number of halogens is 1. The summed E-state index contributed by atoms with van der Waals surface area (Å²) in [4.78, 5) is 14.7. The number of fused-ring (bicyclic) bond motifs is 2. The minimum Gasteiger partial charge on any atom is -0.410 e. The SMILES string of the molecule is O=C(Oc1ccccc1)N(Cc1ccc(F)cc1)CC1C2CCC1CNC2. The zero-order valence-electron chi connectivity index (χ0n) is 15.3. The second kappa shape index (κ2) is 8.09. The molecule has 0 aromatic heterocycles. The Bertz CT molecular complexity index is 750. The molecule has 0 radical (unpaired) electrons. The maximum absolute atomic E-state index is 13.2. The molecule has 1 N–H and O–H groups in total. The molecule has 4 nitrogen and oxygen atoms in total. The first-order valence-corrected chi connectivity index (χ1v) is 9.66. The molecule has 142 valence electrons. The van der Waals surface area contributed by atoms with E-state index in [0.717, 1.165) is 18.7 Å². The Kier molecular flexibility index (Phi) is 5.39. The first-order valence-electron chi connectivity index (χ1n) is 9.66. The molecule has 2 atom stereocenters. The molecule has 27 heavy (non-hydrogen) atoms. The molecule has 1 saturated heterocycles. The first-order chi connectivity index (χ1) is 13.2. The number of para-hydroxylation sites is 1. The summed E-state index contributed by atoms with van der Waals surface area (Å²) in [6, 6.07) is 15.5. The van der Waals surface area contributed by atoms with Gasteiger partial charge in [-0.25, -0.2) is 9.18 Å². The molecule has 1 saturated carbocycles. The fourth-order valence-corrected chi connectivity index (χ4v) is 4.42. The smallest absolute Gasteiger partial charge is 0.410 e. The van der Waals surface area contributed by atoms with Gasteiger partial charge in [-0.1, -0.05) is 30.3 Å². The predicted molar refractivity (Wildman–Crippen MR) is 102 cm³/mol. The maximum Gasteiger partial charge on any atom is 0.415 e. The third kappa shape index (κ3) is 4.30. The molecule has 1 heterocycles. The van der Waals surface area contributed by atoms with Gasteiger partial charge >= 0.3 is 6.09 Å². The van der Waals surface area contributed by atoms with Gasteiger partial charge in [0.05, 0.1) is 0 Å². The van der Waals surface area contributed by atoms with Crippen molar-refractivity contribution in [2.24, 2.45) is 17.8 Å². The Hall–Kier alpha value is -2.40. The minimum absolute atomic E-state index is 0.270. The van der Waals surface area contributed by atoms with Crippen molar-refractivity contribution in [3.63, 3.8) is 0 Å². The van der Waals surface area contributed by atoms with E-state index in [-0.39, 0.29) is 11.9 Å². The summed E-state index contributed by atoms with van der Waals surface area (Å²) in [7, 11) is 0. The zero-order valence-corrected chi connectivity index (χ0v) is 15.3. The Balaban J connectivity index is 1.50. The van der Waals surface area contributed by atoms with E-state index in [0.29, 0.717) is 36.6 Å². The Morgan fingerprint density at radius 3 is 2.37 bits per heavy atom. The average molecular weight is 368 g/mol. The molecule has 2 unspecified atom stereocenters. The van der Waals surface area contributed by atoms with E-state index >= 15 is 0 Å². The van der Waals surface area contributed by atoms with Crippen LogP contribution in [0.1, 0.15) is 18.4 Å². The van der Waals surface area contributed by atoms with Crippen molar-refractivity contribution in [2.45, 2.75) is 19.4 Å². The molecule has 0 spiro atoms. The van der Waals surface area contributed by atoms with Crippen molar-refractivity contribution in [3.05, 3.63) is 66.0 Å². The zero-order chi connectivity index (χ0) is 18.6. The van der Waals surface area contributed by atoms with Crippen LogP contribution in [0.25, 0.3) is 0 Å². The van der Waals surface area contributed by atoms with Crippen molar-refractivity contribution >= 4 is 6.09 Å². The second-order valence-corrected chi connectivity index (χ2v) is 7.61. The largest absolute Gasteiger partial charge is 0.415 e. The molecule has 5 heteroatoms. The van der Waals surface area contributed by atoms with Crippen LogP contribution in [0.15, 0.2) is 54.6 Å². The van der Waals surface area contributed by atoms with Crippen molar-refractivity contribution in [1.82, 2.24) is 10.2 Å². The number of carbonyl (C=O) groups excluding carboxylic acids is 1. The highest BCUT2D eigenvalue weighted by molar-refractivity contribution is 5.70. The summed E-state index contributed by atoms with van der Waals surface area (Å²) < 4.78 is 18.8. The molecule has 1 aliphatic heterocycles. The summed E-state index contributed by atoms with van der Waals surface area (Å²) in [5.74, 6) is 2.00. The number of benzene rings is 2. The summed E-state index contributed by atoms with van der Waals surface area (Å²) in [6.07, 6.45) is 2.10. The normalized spacial score (nSPS) is 23.8. The molecule has 4 rings (SSSR count). The number of nitrogens with zero attached hydrogens (tertiary/aromatic N) is 1. The third-order valence-corrected chi connectivity index (χ3v) is 5.86. The van der Waals surface area contributed by atoms with Gasteiger partial charge in [0.15, 0.2) is 0 Å². The Morgan fingerprint density at radius 1 is 1.04 bits per heavy atom. The van der Waals surface area contributed by atoms with Gasteiger partial charge in [0, 0.05) is 13.1 Å². The van der Waals surface area contributed by atoms with Crippen molar-refractivity contribution in [1.29, 1.82) is 0 Å². The van der Waals surface area contributed by atoms with Crippen LogP contribution in [0, 0.1) is 23.6 Å². The maximum atomic E-state index is 13.2. The highest BCUT2D eigenvalue weighted by atomic mass is 19.1. The van der Waals surface area contributed by atoms with Crippen LogP contribution in [0.4, 0.5) is 9.18 Å². The quantitative estimate of drug-likeness (QED) is 0.865. The van der Waals surface area contributed by atoms with Crippen LogP contribution < -0.4 is 10.1 Å².